The Labute approximate surface area is 95.3 Å². The van der Waals surface area contributed by atoms with Gasteiger partial charge in [0.25, 0.3) is 0 Å². The third-order valence-corrected chi connectivity index (χ3v) is 3.23. The predicted molar refractivity (Wildman–Crippen MR) is 62.9 cm³/mol. The molecule has 15 heavy (non-hydrogen) atoms. The molecule has 1 N–H and O–H groups in total. The summed E-state index contributed by atoms with van der Waals surface area (Å²) in [5.74, 6) is 4.41. The summed E-state index contributed by atoms with van der Waals surface area (Å²) in [5, 5.41) is 2.78. The lowest BCUT2D eigenvalue weighted by Gasteiger charge is -2.26. The highest BCUT2D eigenvalue weighted by atomic mass is 32.2. The number of alkyl carbamates (subject to hydrolysis) is 1. The molecule has 0 radical (unpaired) electrons. The van der Waals surface area contributed by atoms with Crippen molar-refractivity contribution in [3.63, 3.8) is 0 Å². The highest BCUT2D eigenvalue weighted by Gasteiger charge is 2.35. The maximum absolute atomic E-state index is 11.5. The number of nitrogens with one attached hydrogen (secondary N) is 1. The smallest absolute Gasteiger partial charge is 0.408 e. The zero-order chi connectivity index (χ0) is 11.5. The summed E-state index contributed by atoms with van der Waals surface area (Å²) >= 11 is 1.75. The Hall–Kier alpha value is -0.820. The molecule has 1 aliphatic heterocycles. The second-order valence-electron chi connectivity index (χ2n) is 4.66. The Morgan fingerprint density at radius 2 is 2.27 bits per heavy atom. The van der Waals surface area contributed by atoms with Crippen LogP contribution in [0.5, 0.6) is 0 Å². The second kappa shape index (κ2) is 4.36. The van der Waals surface area contributed by atoms with Crippen LogP contribution >= 0.6 is 11.8 Å². The molecule has 1 atom stereocenters. The Balaban J connectivity index is 2.54. The lowest BCUT2D eigenvalue weighted by molar-refractivity contribution is 0.0490. The van der Waals surface area contributed by atoms with Gasteiger partial charge in [-0.05, 0) is 32.9 Å². The fraction of sp³-hybridized carbons (Fsp3) is 0.727. The van der Waals surface area contributed by atoms with Gasteiger partial charge in [0.15, 0.2) is 0 Å². The highest BCUT2D eigenvalue weighted by molar-refractivity contribution is 7.99. The third-order valence-electron chi connectivity index (χ3n) is 2.04. The molecule has 0 aromatic heterocycles. The number of ether oxygens (including phenoxy) is 1. The van der Waals surface area contributed by atoms with Crippen molar-refractivity contribution in [2.45, 2.75) is 38.3 Å². The Kier molecular flexibility index (Phi) is 3.56. The van der Waals surface area contributed by atoms with Gasteiger partial charge in [-0.3, -0.25) is 0 Å². The molecule has 1 amide bonds. The number of amides is 1. The molecule has 0 bridgehead atoms. The van der Waals surface area contributed by atoms with Crippen LogP contribution in [0, 0.1) is 12.3 Å². The molecule has 0 aromatic rings. The zero-order valence-electron chi connectivity index (χ0n) is 9.42. The van der Waals surface area contributed by atoms with E-state index in [0.29, 0.717) is 0 Å². The molecule has 1 unspecified atom stereocenters. The van der Waals surface area contributed by atoms with Crippen LogP contribution in [-0.2, 0) is 4.74 Å². The number of carbonyl (C=O) groups excluding carboxylic acids is 1. The maximum Gasteiger partial charge on any atom is 0.408 e. The van der Waals surface area contributed by atoms with E-state index in [-0.39, 0.29) is 0 Å². The first kappa shape index (κ1) is 12.3. The first-order valence-electron chi connectivity index (χ1n) is 4.94. The van der Waals surface area contributed by atoms with Gasteiger partial charge in [0.05, 0.1) is 0 Å². The van der Waals surface area contributed by atoms with Crippen molar-refractivity contribution in [1.82, 2.24) is 5.32 Å². The average molecular weight is 227 g/mol. The average Bonchev–Trinajstić information content (AvgIpc) is 2.50. The molecular weight excluding hydrogens is 210 g/mol. The first-order valence-corrected chi connectivity index (χ1v) is 6.09. The minimum atomic E-state index is -0.507. The molecule has 3 nitrogen and oxygen atoms in total. The van der Waals surface area contributed by atoms with E-state index in [1.54, 1.807) is 11.8 Å². The van der Waals surface area contributed by atoms with Crippen molar-refractivity contribution in [3.8, 4) is 12.3 Å². The number of terminal acetylenes is 1. The maximum atomic E-state index is 11.5. The van der Waals surface area contributed by atoms with Gasteiger partial charge in [0, 0.05) is 5.75 Å². The van der Waals surface area contributed by atoms with Crippen molar-refractivity contribution in [2.24, 2.45) is 0 Å². The van der Waals surface area contributed by atoms with E-state index in [1.807, 2.05) is 20.8 Å². The number of carbonyl (C=O) groups is 1. The van der Waals surface area contributed by atoms with Crippen molar-refractivity contribution in [2.75, 3.05) is 11.5 Å². The van der Waals surface area contributed by atoms with Gasteiger partial charge in [0.2, 0.25) is 0 Å². The van der Waals surface area contributed by atoms with E-state index in [4.69, 9.17) is 11.2 Å². The quantitative estimate of drug-likeness (QED) is 0.696. The van der Waals surface area contributed by atoms with Crippen molar-refractivity contribution in [3.05, 3.63) is 0 Å². The third kappa shape index (κ3) is 3.67. The van der Waals surface area contributed by atoms with E-state index in [9.17, 15) is 4.79 Å². The van der Waals surface area contributed by atoms with Gasteiger partial charge in [-0.25, -0.2) is 4.79 Å². The fourth-order valence-corrected chi connectivity index (χ4v) is 2.60. The molecule has 1 fully saturated rings. The van der Waals surface area contributed by atoms with Crippen molar-refractivity contribution >= 4 is 17.9 Å². The standard InChI is InChI=1S/C11H17NO2S/c1-5-11(6-7-15-8-11)12-9(13)14-10(2,3)4/h1H,6-8H2,2-4H3,(H,12,13). The predicted octanol–water partition coefficient (Wildman–Crippen LogP) is 2.02. The first-order chi connectivity index (χ1) is 6.87. The van der Waals surface area contributed by atoms with Crippen LogP contribution in [0.25, 0.3) is 0 Å². The van der Waals surface area contributed by atoms with Gasteiger partial charge in [-0.2, -0.15) is 11.8 Å². The minimum Gasteiger partial charge on any atom is -0.444 e. The van der Waals surface area contributed by atoms with Crippen LogP contribution in [0.2, 0.25) is 0 Å². The molecule has 1 heterocycles. The van der Waals surface area contributed by atoms with Gasteiger partial charge in [-0.1, -0.05) is 5.92 Å². The van der Waals surface area contributed by atoms with Gasteiger partial charge in [-0.15, -0.1) is 6.42 Å². The zero-order valence-corrected chi connectivity index (χ0v) is 10.2. The van der Waals surface area contributed by atoms with Gasteiger partial charge >= 0.3 is 6.09 Å². The van der Waals surface area contributed by atoms with Gasteiger partial charge in [0.1, 0.15) is 11.1 Å². The Bertz CT molecular complexity index is 282. The van der Waals surface area contributed by atoms with Gasteiger partial charge < -0.3 is 10.1 Å². The summed E-state index contributed by atoms with van der Waals surface area (Å²) in [6.45, 7) is 5.50. The highest BCUT2D eigenvalue weighted by Crippen LogP contribution is 2.27. The Morgan fingerprint density at radius 3 is 2.67 bits per heavy atom. The van der Waals surface area contributed by atoms with E-state index < -0.39 is 17.2 Å². The normalized spacial score (nSPS) is 25.7. The lowest BCUT2D eigenvalue weighted by atomic mass is 10.0. The molecule has 1 rings (SSSR count). The van der Waals surface area contributed by atoms with E-state index >= 15 is 0 Å². The molecule has 4 heteroatoms. The SMILES string of the molecule is C#CC1(NC(=O)OC(C)(C)C)CCSC1. The number of hydrogen-bond acceptors (Lipinski definition) is 3. The number of rotatable bonds is 1. The monoisotopic (exact) mass is 227 g/mol. The summed E-state index contributed by atoms with van der Waals surface area (Å²) in [4.78, 5) is 11.5. The summed E-state index contributed by atoms with van der Waals surface area (Å²) in [6, 6.07) is 0. The molecule has 1 saturated heterocycles. The minimum absolute atomic E-state index is 0.428. The number of hydrogen-bond donors (Lipinski definition) is 1. The molecule has 0 aromatic carbocycles. The molecular formula is C11H17NO2S. The van der Waals surface area contributed by atoms with E-state index in [1.165, 1.54) is 0 Å². The summed E-state index contributed by atoms with van der Waals surface area (Å²) < 4.78 is 5.17. The number of thioether (sulfide) groups is 1. The second-order valence-corrected chi connectivity index (χ2v) is 5.76. The summed E-state index contributed by atoms with van der Waals surface area (Å²) in [6.07, 6.45) is 5.83. The van der Waals surface area contributed by atoms with Crippen LogP contribution < -0.4 is 5.32 Å². The van der Waals surface area contributed by atoms with Crippen molar-refractivity contribution in [1.29, 1.82) is 0 Å². The van der Waals surface area contributed by atoms with E-state index in [0.717, 1.165) is 17.9 Å². The fourth-order valence-electron chi connectivity index (χ4n) is 1.31. The molecule has 0 spiro atoms. The van der Waals surface area contributed by atoms with Crippen LogP contribution in [0.15, 0.2) is 0 Å². The molecule has 0 aliphatic carbocycles. The molecule has 1 aliphatic rings. The molecule has 84 valence electrons. The van der Waals surface area contributed by atoms with Crippen molar-refractivity contribution < 1.29 is 9.53 Å². The topological polar surface area (TPSA) is 38.3 Å². The van der Waals surface area contributed by atoms with Crippen LogP contribution in [0.3, 0.4) is 0 Å². The van der Waals surface area contributed by atoms with E-state index in [2.05, 4.69) is 11.2 Å². The van der Waals surface area contributed by atoms with Crippen LogP contribution in [0.1, 0.15) is 27.2 Å². The molecule has 0 saturated carbocycles. The Morgan fingerprint density at radius 1 is 1.60 bits per heavy atom. The largest absolute Gasteiger partial charge is 0.444 e. The lowest BCUT2D eigenvalue weighted by Crippen LogP contribution is -2.49. The van der Waals surface area contributed by atoms with Crippen LogP contribution in [0.4, 0.5) is 4.79 Å². The summed E-state index contributed by atoms with van der Waals surface area (Å²) in [5.41, 5.74) is -0.987. The summed E-state index contributed by atoms with van der Waals surface area (Å²) in [7, 11) is 0. The van der Waals surface area contributed by atoms with Crippen LogP contribution in [-0.4, -0.2) is 28.7 Å².